The van der Waals surface area contributed by atoms with Crippen molar-refractivity contribution in [1.29, 1.82) is 0 Å². The summed E-state index contributed by atoms with van der Waals surface area (Å²) in [4.78, 5) is 20.6. The molecule has 0 aliphatic rings. The van der Waals surface area contributed by atoms with Crippen molar-refractivity contribution in [2.45, 2.75) is 6.92 Å². The molecular formula is C15H11ClN2O2. The highest BCUT2D eigenvalue weighted by Gasteiger charge is 2.19. The Morgan fingerprint density at radius 3 is 2.75 bits per heavy atom. The molecule has 4 nitrogen and oxygen atoms in total. The molecule has 0 aliphatic heterocycles. The van der Waals surface area contributed by atoms with Crippen molar-refractivity contribution in [3.63, 3.8) is 0 Å². The second kappa shape index (κ2) is 4.72. The number of hydrogen-bond donors (Lipinski definition) is 0. The zero-order valence-electron chi connectivity index (χ0n) is 11.0. The third-order valence-corrected chi connectivity index (χ3v) is 3.55. The molecule has 0 bridgehead atoms. The molecule has 3 rings (SSSR count). The van der Waals surface area contributed by atoms with Crippen LogP contribution in [0.1, 0.15) is 16.1 Å². The van der Waals surface area contributed by atoms with E-state index < -0.39 is 5.97 Å². The first-order valence-corrected chi connectivity index (χ1v) is 6.43. The van der Waals surface area contributed by atoms with E-state index in [2.05, 4.69) is 9.97 Å². The van der Waals surface area contributed by atoms with Crippen LogP contribution >= 0.6 is 11.6 Å². The third kappa shape index (κ3) is 1.80. The van der Waals surface area contributed by atoms with E-state index in [1.807, 2.05) is 24.3 Å². The number of pyridine rings is 2. The molecule has 1 aromatic carbocycles. The first-order valence-electron chi connectivity index (χ1n) is 6.05. The van der Waals surface area contributed by atoms with Crippen molar-refractivity contribution in [3.05, 3.63) is 46.9 Å². The highest BCUT2D eigenvalue weighted by molar-refractivity contribution is 6.36. The largest absolute Gasteiger partial charge is 0.465 e. The van der Waals surface area contributed by atoms with Gasteiger partial charge in [-0.05, 0) is 13.0 Å². The summed E-state index contributed by atoms with van der Waals surface area (Å²) in [6, 6.07) is 7.59. The lowest BCUT2D eigenvalue weighted by Gasteiger charge is -2.11. The van der Waals surface area contributed by atoms with Gasteiger partial charge in [0.05, 0.1) is 23.9 Å². The molecule has 0 amide bonds. The van der Waals surface area contributed by atoms with E-state index in [-0.39, 0.29) is 0 Å². The smallest absolute Gasteiger partial charge is 0.340 e. The van der Waals surface area contributed by atoms with Gasteiger partial charge in [-0.15, -0.1) is 0 Å². The first kappa shape index (κ1) is 12.8. The molecule has 20 heavy (non-hydrogen) atoms. The molecule has 0 N–H and O–H groups in total. The van der Waals surface area contributed by atoms with Gasteiger partial charge < -0.3 is 4.74 Å². The van der Waals surface area contributed by atoms with Crippen LogP contribution in [0, 0.1) is 6.92 Å². The summed E-state index contributed by atoms with van der Waals surface area (Å²) >= 11 is 6.18. The van der Waals surface area contributed by atoms with E-state index in [0.717, 1.165) is 16.3 Å². The number of carbonyl (C=O) groups is 1. The lowest BCUT2D eigenvalue weighted by atomic mass is 10.0. The van der Waals surface area contributed by atoms with Crippen molar-refractivity contribution in [3.8, 4) is 0 Å². The van der Waals surface area contributed by atoms with E-state index in [4.69, 9.17) is 16.3 Å². The number of nitrogens with zero attached hydrogens (tertiary/aromatic N) is 2. The van der Waals surface area contributed by atoms with E-state index in [9.17, 15) is 4.79 Å². The molecule has 0 unspecified atom stereocenters. The minimum Gasteiger partial charge on any atom is -0.465 e. The molecule has 0 aliphatic carbocycles. The van der Waals surface area contributed by atoms with Gasteiger partial charge in [0, 0.05) is 22.4 Å². The van der Waals surface area contributed by atoms with Crippen molar-refractivity contribution in [2.75, 3.05) is 7.11 Å². The van der Waals surface area contributed by atoms with Gasteiger partial charge in [0.2, 0.25) is 0 Å². The van der Waals surface area contributed by atoms with Crippen LogP contribution in [0.4, 0.5) is 0 Å². The Morgan fingerprint density at radius 1 is 1.25 bits per heavy atom. The second-order valence-electron chi connectivity index (χ2n) is 4.42. The highest BCUT2D eigenvalue weighted by Crippen LogP contribution is 2.32. The van der Waals surface area contributed by atoms with Gasteiger partial charge >= 0.3 is 5.97 Å². The van der Waals surface area contributed by atoms with E-state index in [1.165, 1.54) is 7.11 Å². The number of carbonyl (C=O) groups excluding carboxylic acids is 1. The number of esters is 1. The average molecular weight is 287 g/mol. The minimum absolute atomic E-state index is 0.336. The van der Waals surface area contributed by atoms with Crippen LogP contribution in [0.15, 0.2) is 30.5 Å². The Kier molecular flexibility index (Phi) is 3.03. The molecule has 3 aromatic rings. The van der Waals surface area contributed by atoms with Gasteiger partial charge in [0.1, 0.15) is 5.15 Å². The number of rotatable bonds is 1. The number of aryl methyl sites for hydroxylation is 1. The second-order valence-corrected chi connectivity index (χ2v) is 4.78. The van der Waals surface area contributed by atoms with Gasteiger partial charge in [-0.1, -0.05) is 29.8 Å². The monoisotopic (exact) mass is 286 g/mol. The maximum atomic E-state index is 12.1. The number of halogens is 1. The van der Waals surface area contributed by atoms with Gasteiger partial charge in [0.15, 0.2) is 0 Å². The number of methoxy groups -OCH3 is 1. The van der Waals surface area contributed by atoms with Gasteiger partial charge in [0.25, 0.3) is 0 Å². The van der Waals surface area contributed by atoms with Crippen molar-refractivity contribution >= 4 is 39.2 Å². The Labute approximate surface area is 120 Å². The summed E-state index contributed by atoms with van der Waals surface area (Å²) in [5.74, 6) is -0.423. The molecule has 0 fully saturated rings. The Hall–Kier alpha value is -2.20. The Morgan fingerprint density at radius 2 is 2.00 bits per heavy atom. The van der Waals surface area contributed by atoms with Crippen LogP contribution in [0.25, 0.3) is 21.7 Å². The predicted molar refractivity (Wildman–Crippen MR) is 78.1 cm³/mol. The van der Waals surface area contributed by atoms with Crippen LogP contribution in [-0.4, -0.2) is 23.0 Å². The minimum atomic E-state index is -0.423. The molecular weight excluding hydrogens is 276 g/mol. The lowest BCUT2D eigenvalue weighted by Crippen LogP contribution is -2.07. The molecule has 100 valence electrons. The fraction of sp³-hybridized carbons (Fsp3) is 0.133. The van der Waals surface area contributed by atoms with Crippen molar-refractivity contribution < 1.29 is 9.53 Å². The summed E-state index contributed by atoms with van der Waals surface area (Å²) < 4.78 is 4.87. The summed E-state index contributed by atoms with van der Waals surface area (Å²) in [5.41, 5.74) is 1.78. The van der Waals surface area contributed by atoms with E-state index in [1.54, 1.807) is 13.1 Å². The van der Waals surface area contributed by atoms with Gasteiger partial charge in [-0.3, -0.25) is 4.98 Å². The zero-order valence-corrected chi connectivity index (χ0v) is 11.7. The standard InChI is InChI=1S/C15H11ClN2O2/c1-8-12(15(19)20-2)13-9-5-3-4-6-11(9)17-7-10(13)14(16)18-8/h3-7H,1-2H3. The number of ether oxygens (including phenoxy) is 1. The predicted octanol–water partition coefficient (Wildman–Crippen LogP) is 3.53. The molecule has 2 aromatic heterocycles. The van der Waals surface area contributed by atoms with Crippen LogP contribution in [0.2, 0.25) is 5.15 Å². The summed E-state index contributed by atoms with van der Waals surface area (Å²) in [5, 5.41) is 2.58. The van der Waals surface area contributed by atoms with Crippen LogP contribution in [0.3, 0.4) is 0 Å². The van der Waals surface area contributed by atoms with Gasteiger partial charge in [-0.2, -0.15) is 0 Å². The van der Waals surface area contributed by atoms with E-state index >= 15 is 0 Å². The molecule has 0 saturated heterocycles. The molecule has 0 spiro atoms. The quantitative estimate of drug-likeness (QED) is 0.390. The maximum Gasteiger partial charge on any atom is 0.340 e. The first-order chi connectivity index (χ1) is 9.63. The van der Waals surface area contributed by atoms with Gasteiger partial charge in [-0.25, -0.2) is 9.78 Å². The summed E-state index contributed by atoms with van der Waals surface area (Å²) in [6.45, 7) is 1.74. The zero-order chi connectivity index (χ0) is 14.3. The number of para-hydroxylation sites is 1. The highest BCUT2D eigenvalue weighted by atomic mass is 35.5. The number of fused-ring (bicyclic) bond motifs is 3. The Bertz CT molecular complexity index is 846. The lowest BCUT2D eigenvalue weighted by molar-refractivity contribution is 0.0602. The molecule has 0 saturated carbocycles. The number of aromatic nitrogens is 2. The average Bonchev–Trinajstić information content (AvgIpc) is 2.46. The third-order valence-electron chi connectivity index (χ3n) is 3.26. The topological polar surface area (TPSA) is 52.1 Å². The Balaban J connectivity index is 2.60. The van der Waals surface area contributed by atoms with E-state index in [0.29, 0.717) is 21.8 Å². The SMILES string of the molecule is COC(=O)c1c(C)nc(Cl)c2cnc3ccccc3c12. The fourth-order valence-electron chi connectivity index (χ4n) is 2.36. The summed E-state index contributed by atoms with van der Waals surface area (Å²) in [7, 11) is 1.35. The fourth-order valence-corrected chi connectivity index (χ4v) is 2.63. The van der Waals surface area contributed by atoms with Crippen LogP contribution in [-0.2, 0) is 4.74 Å². The molecule has 0 atom stereocenters. The number of benzene rings is 1. The van der Waals surface area contributed by atoms with Crippen molar-refractivity contribution in [2.24, 2.45) is 0 Å². The van der Waals surface area contributed by atoms with Crippen LogP contribution < -0.4 is 0 Å². The molecule has 0 radical (unpaired) electrons. The maximum absolute atomic E-state index is 12.1. The molecule has 2 heterocycles. The normalized spacial score (nSPS) is 10.9. The summed E-state index contributed by atoms with van der Waals surface area (Å²) in [6.07, 6.45) is 1.64. The van der Waals surface area contributed by atoms with Crippen LogP contribution in [0.5, 0.6) is 0 Å². The van der Waals surface area contributed by atoms with Crippen molar-refractivity contribution in [1.82, 2.24) is 9.97 Å². The molecule has 5 heteroatoms. The number of hydrogen-bond acceptors (Lipinski definition) is 4.